The summed E-state index contributed by atoms with van der Waals surface area (Å²) in [4.78, 5) is 21.6. The lowest BCUT2D eigenvalue weighted by molar-refractivity contribution is 0.0633. The second-order valence-corrected chi connectivity index (χ2v) is 7.67. The Labute approximate surface area is 163 Å². The standard InChI is InChI=1S/C20H23N5OS/c1-23-14-17(13-21-23)19-22-18(15-27-19)20(26)25-11-9-24(10-12-25)8-7-16-5-3-2-4-6-16/h2-6,13-15H,7-12H2,1H3. The Morgan fingerprint density at radius 2 is 1.93 bits per heavy atom. The van der Waals surface area contributed by atoms with Gasteiger partial charge in [-0.15, -0.1) is 11.3 Å². The van der Waals surface area contributed by atoms with Crippen LogP contribution in [0.3, 0.4) is 0 Å². The van der Waals surface area contributed by atoms with Crippen molar-refractivity contribution in [3.8, 4) is 10.6 Å². The number of carbonyl (C=O) groups excluding carboxylic acids is 1. The Hall–Kier alpha value is -2.51. The molecule has 0 unspecified atom stereocenters. The molecule has 0 N–H and O–H groups in total. The summed E-state index contributed by atoms with van der Waals surface area (Å²) in [6.45, 7) is 4.38. The van der Waals surface area contributed by atoms with Crippen molar-refractivity contribution in [3.63, 3.8) is 0 Å². The number of benzene rings is 1. The number of carbonyl (C=O) groups is 1. The Bertz CT molecular complexity index is 896. The van der Waals surface area contributed by atoms with E-state index in [1.54, 1.807) is 10.9 Å². The van der Waals surface area contributed by atoms with Crippen LogP contribution in [-0.2, 0) is 13.5 Å². The average molecular weight is 382 g/mol. The number of piperazine rings is 1. The molecular formula is C20H23N5OS. The van der Waals surface area contributed by atoms with Crippen LogP contribution in [0, 0.1) is 0 Å². The molecule has 3 aromatic rings. The van der Waals surface area contributed by atoms with Crippen molar-refractivity contribution < 1.29 is 4.79 Å². The normalized spacial score (nSPS) is 15.2. The number of aryl methyl sites for hydroxylation is 1. The van der Waals surface area contributed by atoms with Gasteiger partial charge in [-0.25, -0.2) is 4.98 Å². The van der Waals surface area contributed by atoms with E-state index in [1.807, 2.05) is 29.6 Å². The highest BCUT2D eigenvalue weighted by atomic mass is 32.1. The fourth-order valence-corrected chi connectivity index (χ4v) is 4.07. The van der Waals surface area contributed by atoms with Crippen molar-refractivity contribution in [3.05, 3.63) is 59.4 Å². The first-order valence-corrected chi connectivity index (χ1v) is 10.1. The summed E-state index contributed by atoms with van der Waals surface area (Å²) in [5, 5.41) is 6.86. The second-order valence-electron chi connectivity index (χ2n) is 6.81. The van der Waals surface area contributed by atoms with Gasteiger partial charge in [-0.05, 0) is 12.0 Å². The smallest absolute Gasteiger partial charge is 0.273 e. The Morgan fingerprint density at radius 3 is 2.63 bits per heavy atom. The van der Waals surface area contributed by atoms with Crippen molar-refractivity contribution in [1.29, 1.82) is 0 Å². The fourth-order valence-electron chi connectivity index (χ4n) is 3.30. The minimum atomic E-state index is 0.0316. The Morgan fingerprint density at radius 1 is 1.15 bits per heavy atom. The van der Waals surface area contributed by atoms with Gasteiger partial charge in [0.05, 0.1) is 6.20 Å². The van der Waals surface area contributed by atoms with Gasteiger partial charge < -0.3 is 4.90 Å². The number of rotatable bonds is 5. The monoisotopic (exact) mass is 381 g/mol. The molecule has 140 valence electrons. The lowest BCUT2D eigenvalue weighted by Crippen LogP contribution is -2.49. The molecule has 0 atom stereocenters. The molecule has 6 nitrogen and oxygen atoms in total. The molecule has 0 saturated carbocycles. The molecule has 1 fully saturated rings. The van der Waals surface area contributed by atoms with Crippen molar-refractivity contribution in [1.82, 2.24) is 24.6 Å². The minimum absolute atomic E-state index is 0.0316. The third kappa shape index (κ3) is 4.26. The van der Waals surface area contributed by atoms with Crippen molar-refractivity contribution >= 4 is 17.2 Å². The van der Waals surface area contributed by atoms with Gasteiger partial charge in [-0.1, -0.05) is 30.3 Å². The maximum absolute atomic E-state index is 12.8. The SMILES string of the molecule is Cn1cc(-c2nc(C(=O)N3CCN(CCc4ccccc4)CC3)cs2)cn1. The summed E-state index contributed by atoms with van der Waals surface area (Å²) in [6, 6.07) is 10.6. The second kappa shape index (κ2) is 8.02. The summed E-state index contributed by atoms with van der Waals surface area (Å²) in [5.41, 5.74) is 2.85. The van der Waals surface area contributed by atoms with Crippen LogP contribution in [0.15, 0.2) is 48.1 Å². The first-order valence-electron chi connectivity index (χ1n) is 9.19. The lowest BCUT2D eigenvalue weighted by atomic mass is 10.1. The molecule has 1 aromatic carbocycles. The highest BCUT2D eigenvalue weighted by Gasteiger charge is 2.24. The topological polar surface area (TPSA) is 54.3 Å². The predicted molar refractivity (Wildman–Crippen MR) is 107 cm³/mol. The summed E-state index contributed by atoms with van der Waals surface area (Å²) in [5.74, 6) is 0.0316. The lowest BCUT2D eigenvalue weighted by Gasteiger charge is -2.34. The molecule has 1 aliphatic rings. The van der Waals surface area contributed by atoms with E-state index in [4.69, 9.17) is 0 Å². The van der Waals surface area contributed by atoms with E-state index in [1.165, 1.54) is 16.9 Å². The Balaban J connectivity index is 1.30. The van der Waals surface area contributed by atoms with Gasteiger partial charge in [-0.2, -0.15) is 5.10 Å². The molecule has 0 bridgehead atoms. The van der Waals surface area contributed by atoms with Crippen LogP contribution >= 0.6 is 11.3 Å². The molecule has 1 aliphatic heterocycles. The van der Waals surface area contributed by atoms with Crippen LogP contribution in [0.4, 0.5) is 0 Å². The third-order valence-electron chi connectivity index (χ3n) is 4.89. The number of thiazole rings is 1. The van der Waals surface area contributed by atoms with Crippen LogP contribution in [0.2, 0.25) is 0 Å². The molecule has 0 spiro atoms. The van der Waals surface area contributed by atoms with Gasteiger partial charge >= 0.3 is 0 Å². The highest BCUT2D eigenvalue weighted by molar-refractivity contribution is 7.13. The molecule has 1 saturated heterocycles. The molecule has 0 aliphatic carbocycles. The zero-order valence-electron chi connectivity index (χ0n) is 15.4. The van der Waals surface area contributed by atoms with Gasteiger partial charge in [-0.3, -0.25) is 14.4 Å². The van der Waals surface area contributed by atoms with E-state index in [-0.39, 0.29) is 5.91 Å². The summed E-state index contributed by atoms with van der Waals surface area (Å²) >= 11 is 1.49. The maximum atomic E-state index is 12.8. The van der Waals surface area contributed by atoms with E-state index >= 15 is 0 Å². The van der Waals surface area contributed by atoms with Gasteiger partial charge in [0.1, 0.15) is 10.7 Å². The van der Waals surface area contributed by atoms with Crippen molar-refractivity contribution in [2.45, 2.75) is 6.42 Å². The molecule has 4 rings (SSSR count). The molecule has 0 radical (unpaired) electrons. The van der Waals surface area contributed by atoms with E-state index < -0.39 is 0 Å². The first-order chi connectivity index (χ1) is 13.2. The molecule has 27 heavy (non-hydrogen) atoms. The molecule has 1 amide bonds. The maximum Gasteiger partial charge on any atom is 0.273 e. The van der Waals surface area contributed by atoms with Crippen molar-refractivity contribution in [2.75, 3.05) is 32.7 Å². The van der Waals surface area contributed by atoms with Crippen LogP contribution in [0.5, 0.6) is 0 Å². The molecular weight excluding hydrogens is 358 g/mol. The summed E-state index contributed by atoms with van der Waals surface area (Å²) in [6.07, 6.45) is 4.74. The van der Waals surface area contributed by atoms with Gasteiger partial charge in [0, 0.05) is 56.9 Å². The van der Waals surface area contributed by atoms with E-state index in [9.17, 15) is 4.79 Å². The zero-order valence-corrected chi connectivity index (χ0v) is 16.2. The summed E-state index contributed by atoms with van der Waals surface area (Å²) < 4.78 is 1.74. The van der Waals surface area contributed by atoms with Crippen LogP contribution in [0.1, 0.15) is 16.1 Å². The van der Waals surface area contributed by atoms with Crippen LogP contribution in [-0.4, -0.2) is 63.2 Å². The Kier molecular flexibility index (Phi) is 5.31. The zero-order chi connectivity index (χ0) is 18.6. The molecule has 7 heteroatoms. The van der Waals surface area contributed by atoms with Gasteiger partial charge in [0.25, 0.3) is 5.91 Å². The number of hydrogen-bond donors (Lipinski definition) is 0. The quantitative estimate of drug-likeness (QED) is 0.682. The average Bonchev–Trinajstić information content (AvgIpc) is 3.36. The number of amides is 1. The minimum Gasteiger partial charge on any atom is -0.335 e. The molecule has 3 heterocycles. The van der Waals surface area contributed by atoms with Crippen LogP contribution in [0.25, 0.3) is 10.6 Å². The fraction of sp³-hybridized carbons (Fsp3) is 0.350. The van der Waals surface area contributed by atoms with Crippen molar-refractivity contribution in [2.24, 2.45) is 7.05 Å². The largest absolute Gasteiger partial charge is 0.335 e. The number of hydrogen-bond acceptors (Lipinski definition) is 5. The third-order valence-corrected chi connectivity index (χ3v) is 5.79. The molecule has 2 aromatic heterocycles. The summed E-state index contributed by atoms with van der Waals surface area (Å²) in [7, 11) is 1.88. The van der Waals surface area contributed by atoms with Gasteiger partial charge in [0.15, 0.2) is 0 Å². The van der Waals surface area contributed by atoms with Crippen LogP contribution < -0.4 is 0 Å². The number of aromatic nitrogens is 3. The van der Waals surface area contributed by atoms with E-state index in [2.05, 4.69) is 39.2 Å². The highest BCUT2D eigenvalue weighted by Crippen LogP contribution is 2.23. The predicted octanol–water partition coefficient (Wildman–Crippen LogP) is 2.54. The first kappa shape index (κ1) is 17.9. The van der Waals surface area contributed by atoms with E-state index in [0.717, 1.165) is 49.7 Å². The van der Waals surface area contributed by atoms with Gasteiger partial charge in [0.2, 0.25) is 0 Å². The number of nitrogens with zero attached hydrogens (tertiary/aromatic N) is 5. The van der Waals surface area contributed by atoms with E-state index in [0.29, 0.717) is 5.69 Å².